The highest BCUT2D eigenvalue weighted by Gasteiger charge is 2.27. The number of aromatic nitrogens is 1. The van der Waals surface area contributed by atoms with Crippen molar-refractivity contribution in [2.45, 2.75) is 19.4 Å². The summed E-state index contributed by atoms with van der Waals surface area (Å²) in [7, 11) is 0. The summed E-state index contributed by atoms with van der Waals surface area (Å²) >= 11 is 5.91. The first-order valence-electron chi connectivity index (χ1n) is 8.28. The van der Waals surface area contributed by atoms with Crippen molar-refractivity contribution in [1.82, 2.24) is 10.5 Å². The van der Waals surface area contributed by atoms with E-state index in [4.69, 9.17) is 16.1 Å². The number of hydrogen-bond acceptors (Lipinski definition) is 4. The lowest BCUT2D eigenvalue weighted by atomic mass is 10.00. The average molecular weight is 385 g/mol. The molecule has 0 bridgehead atoms. The Balaban J connectivity index is 1.87. The molecule has 1 heterocycles. The number of nitrogens with one attached hydrogen (secondary N) is 1. The van der Waals surface area contributed by atoms with E-state index < -0.39 is 12.0 Å². The molecule has 2 aromatic carbocycles. The van der Waals surface area contributed by atoms with Gasteiger partial charge in [0.2, 0.25) is 11.7 Å². The van der Waals surface area contributed by atoms with E-state index in [0.29, 0.717) is 21.8 Å². The van der Waals surface area contributed by atoms with Crippen LogP contribution in [0.15, 0.2) is 59.1 Å². The van der Waals surface area contributed by atoms with E-state index in [1.165, 1.54) is 0 Å². The SMILES string of the molecule is CC(NC(=O)Cc1ccccc1)c1c(-c2ccc(Cl)cc2)noc1C(=O)O. The van der Waals surface area contributed by atoms with Gasteiger partial charge in [-0.05, 0) is 24.6 Å². The maximum absolute atomic E-state index is 12.4. The molecule has 6 nitrogen and oxygen atoms in total. The van der Waals surface area contributed by atoms with Crippen LogP contribution in [0.3, 0.4) is 0 Å². The highest BCUT2D eigenvalue weighted by Crippen LogP contribution is 2.31. The molecular weight excluding hydrogens is 368 g/mol. The second kappa shape index (κ2) is 8.05. The minimum atomic E-state index is -1.25. The summed E-state index contributed by atoms with van der Waals surface area (Å²) in [5.41, 5.74) is 2.18. The molecule has 0 saturated carbocycles. The van der Waals surface area contributed by atoms with Crippen LogP contribution in [0.1, 0.15) is 34.6 Å². The van der Waals surface area contributed by atoms with Gasteiger partial charge in [-0.25, -0.2) is 4.79 Å². The number of hydrogen-bond donors (Lipinski definition) is 2. The molecule has 3 rings (SSSR count). The zero-order valence-electron chi connectivity index (χ0n) is 14.5. The third-order valence-electron chi connectivity index (χ3n) is 4.06. The number of carboxylic acid groups (broad SMARTS) is 1. The van der Waals surface area contributed by atoms with Crippen LogP contribution in [0.4, 0.5) is 0 Å². The molecule has 7 heteroatoms. The van der Waals surface area contributed by atoms with Crippen LogP contribution in [-0.2, 0) is 11.2 Å². The first-order valence-corrected chi connectivity index (χ1v) is 8.65. The largest absolute Gasteiger partial charge is 0.475 e. The van der Waals surface area contributed by atoms with Gasteiger partial charge in [0.15, 0.2) is 0 Å². The number of aromatic carboxylic acids is 1. The maximum Gasteiger partial charge on any atom is 0.375 e. The maximum atomic E-state index is 12.4. The highest BCUT2D eigenvalue weighted by molar-refractivity contribution is 6.30. The van der Waals surface area contributed by atoms with E-state index in [1.54, 1.807) is 31.2 Å². The van der Waals surface area contributed by atoms with E-state index in [-0.39, 0.29) is 18.1 Å². The molecule has 2 N–H and O–H groups in total. The third kappa shape index (κ3) is 4.35. The van der Waals surface area contributed by atoms with Crippen LogP contribution in [0.2, 0.25) is 5.02 Å². The predicted octanol–water partition coefficient (Wildman–Crippen LogP) is 4.11. The van der Waals surface area contributed by atoms with E-state index in [9.17, 15) is 14.7 Å². The fraction of sp³-hybridized carbons (Fsp3) is 0.150. The Morgan fingerprint density at radius 2 is 1.81 bits per heavy atom. The van der Waals surface area contributed by atoms with Gasteiger partial charge in [-0.3, -0.25) is 4.79 Å². The highest BCUT2D eigenvalue weighted by atomic mass is 35.5. The molecule has 0 aliphatic rings. The summed E-state index contributed by atoms with van der Waals surface area (Å²) in [6.45, 7) is 1.70. The summed E-state index contributed by atoms with van der Waals surface area (Å²) in [5, 5.41) is 16.7. The molecule has 0 radical (unpaired) electrons. The zero-order valence-corrected chi connectivity index (χ0v) is 15.2. The quantitative estimate of drug-likeness (QED) is 0.667. The second-order valence-electron chi connectivity index (χ2n) is 6.04. The minimum absolute atomic E-state index is 0.190. The van der Waals surface area contributed by atoms with Crippen molar-refractivity contribution in [3.63, 3.8) is 0 Å². The van der Waals surface area contributed by atoms with Crippen LogP contribution < -0.4 is 5.32 Å². The van der Waals surface area contributed by atoms with Crippen LogP contribution in [-0.4, -0.2) is 22.1 Å². The average Bonchev–Trinajstić information content (AvgIpc) is 3.08. The Kier molecular flexibility index (Phi) is 5.57. The fourth-order valence-corrected chi connectivity index (χ4v) is 2.94. The van der Waals surface area contributed by atoms with Crippen LogP contribution in [0, 0.1) is 0 Å². The number of amides is 1. The molecule has 1 amide bonds. The molecule has 1 atom stereocenters. The first kappa shape index (κ1) is 18.7. The van der Waals surface area contributed by atoms with Crippen molar-refractivity contribution in [3.8, 4) is 11.3 Å². The Labute approximate surface area is 160 Å². The van der Waals surface area contributed by atoms with Crippen molar-refractivity contribution in [2.24, 2.45) is 0 Å². The summed E-state index contributed by atoms with van der Waals surface area (Å²) < 4.78 is 5.03. The number of halogens is 1. The minimum Gasteiger partial charge on any atom is -0.475 e. The topological polar surface area (TPSA) is 92.4 Å². The number of rotatable bonds is 6. The lowest BCUT2D eigenvalue weighted by molar-refractivity contribution is -0.121. The molecule has 1 aromatic heterocycles. The second-order valence-corrected chi connectivity index (χ2v) is 6.47. The van der Waals surface area contributed by atoms with Gasteiger partial charge in [0.05, 0.1) is 18.0 Å². The molecule has 3 aromatic rings. The van der Waals surface area contributed by atoms with Crippen LogP contribution in [0.25, 0.3) is 11.3 Å². The molecule has 0 aliphatic carbocycles. The zero-order chi connectivity index (χ0) is 19.4. The van der Waals surface area contributed by atoms with E-state index in [0.717, 1.165) is 5.56 Å². The van der Waals surface area contributed by atoms with Gasteiger partial charge < -0.3 is 14.9 Å². The van der Waals surface area contributed by atoms with Crippen molar-refractivity contribution in [3.05, 3.63) is 76.5 Å². The lowest BCUT2D eigenvalue weighted by Gasteiger charge is -2.14. The molecule has 0 aliphatic heterocycles. The van der Waals surface area contributed by atoms with Gasteiger partial charge in [-0.2, -0.15) is 0 Å². The molecule has 27 heavy (non-hydrogen) atoms. The molecule has 0 saturated heterocycles. The van der Waals surface area contributed by atoms with Crippen molar-refractivity contribution >= 4 is 23.5 Å². The molecule has 0 fully saturated rings. The molecule has 138 valence electrons. The molecular formula is C20H17ClN2O4. The van der Waals surface area contributed by atoms with Crippen molar-refractivity contribution < 1.29 is 19.2 Å². The van der Waals surface area contributed by atoms with E-state index >= 15 is 0 Å². The van der Waals surface area contributed by atoms with Gasteiger partial charge >= 0.3 is 5.97 Å². The fourth-order valence-electron chi connectivity index (χ4n) is 2.82. The summed E-state index contributed by atoms with van der Waals surface area (Å²) in [4.78, 5) is 23.9. The van der Waals surface area contributed by atoms with Gasteiger partial charge in [-0.15, -0.1) is 0 Å². The van der Waals surface area contributed by atoms with Gasteiger partial charge in [0.1, 0.15) is 5.69 Å². The lowest BCUT2D eigenvalue weighted by Crippen LogP contribution is -2.29. The van der Waals surface area contributed by atoms with Gasteiger partial charge in [0, 0.05) is 10.6 Å². The van der Waals surface area contributed by atoms with Crippen LogP contribution in [0.5, 0.6) is 0 Å². The first-order chi connectivity index (χ1) is 13.0. The number of nitrogens with zero attached hydrogens (tertiary/aromatic N) is 1. The monoisotopic (exact) mass is 384 g/mol. The van der Waals surface area contributed by atoms with Crippen molar-refractivity contribution in [1.29, 1.82) is 0 Å². The predicted molar refractivity (Wildman–Crippen MR) is 101 cm³/mol. The molecule has 0 spiro atoms. The Hall–Kier alpha value is -3.12. The third-order valence-corrected chi connectivity index (χ3v) is 4.31. The Morgan fingerprint density at radius 1 is 1.15 bits per heavy atom. The van der Waals surface area contributed by atoms with E-state index in [2.05, 4.69) is 10.5 Å². The normalized spacial score (nSPS) is 11.8. The standard InChI is InChI=1S/C20H17ClN2O4/c1-12(22-16(24)11-13-5-3-2-4-6-13)17-18(23-27-19(17)20(25)26)14-7-9-15(21)10-8-14/h2-10,12H,11H2,1H3,(H,22,24)(H,25,26). The number of benzene rings is 2. The Morgan fingerprint density at radius 3 is 2.44 bits per heavy atom. The van der Waals surface area contributed by atoms with Gasteiger partial charge in [-0.1, -0.05) is 59.2 Å². The number of carbonyl (C=O) groups is 2. The number of carboxylic acids is 1. The Bertz CT molecular complexity index is 952. The smallest absolute Gasteiger partial charge is 0.375 e. The number of carbonyl (C=O) groups excluding carboxylic acids is 1. The molecule has 1 unspecified atom stereocenters. The van der Waals surface area contributed by atoms with E-state index in [1.807, 2.05) is 30.3 Å². The summed E-state index contributed by atoms with van der Waals surface area (Å²) in [5.74, 6) is -1.78. The summed E-state index contributed by atoms with van der Waals surface area (Å²) in [6, 6.07) is 15.5. The summed E-state index contributed by atoms with van der Waals surface area (Å²) in [6.07, 6.45) is 0.190. The van der Waals surface area contributed by atoms with Crippen LogP contribution >= 0.6 is 11.6 Å². The van der Waals surface area contributed by atoms with Gasteiger partial charge in [0.25, 0.3) is 0 Å². The van der Waals surface area contributed by atoms with Crippen molar-refractivity contribution in [2.75, 3.05) is 0 Å².